The van der Waals surface area contributed by atoms with Gasteiger partial charge in [0.1, 0.15) is 0 Å². The van der Waals surface area contributed by atoms with Gasteiger partial charge in [-0.3, -0.25) is 9.69 Å². The molecule has 24 heavy (non-hydrogen) atoms. The molecule has 1 aliphatic heterocycles. The van der Waals surface area contributed by atoms with Crippen molar-refractivity contribution in [2.24, 2.45) is 11.3 Å². The van der Waals surface area contributed by atoms with E-state index < -0.39 is 0 Å². The van der Waals surface area contributed by atoms with Crippen molar-refractivity contribution < 1.29 is 9.53 Å². The molecule has 1 N–H and O–H groups in total. The zero-order valence-electron chi connectivity index (χ0n) is 15.8. The molecule has 2 rings (SSSR count). The molecule has 2 unspecified atom stereocenters. The van der Waals surface area contributed by atoms with Gasteiger partial charge in [0, 0.05) is 31.2 Å². The highest BCUT2D eigenvalue weighted by Gasteiger charge is 2.22. The van der Waals surface area contributed by atoms with E-state index in [-0.39, 0.29) is 11.3 Å². The molecule has 134 valence electrons. The van der Waals surface area contributed by atoms with E-state index in [1.165, 1.54) is 5.56 Å². The van der Waals surface area contributed by atoms with E-state index in [0.29, 0.717) is 18.4 Å². The number of hydrogen-bond acceptors (Lipinski definition) is 3. The lowest BCUT2D eigenvalue weighted by Crippen LogP contribution is -2.38. The van der Waals surface area contributed by atoms with Crippen molar-refractivity contribution in [1.82, 2.24) is 4.90 Å². The van der Waals surface area contributed by atoms with Crippen LogP contribution in [-0.2, 0) is 9.53 Å². The SMILES string of the molecule is CC(c1ccc(NC(=O)CC(C)C(C)(C)C)cc1)N1CCOCC1. The number of ether oxygens (including phenoxy) is 1. The summed E-state index contributed by atoms with van der Waals surface area (Å²) < 4.78 is 5.41. The van der Waals surface area contributed by atoms with Crippen molar-refractivity contribution in [2.45, 2.75) is 47.1 Å². The maximum Gasteiger partial charge on any atom is 0.224 e. The lowest BCUT2D eigenvalue weighted by Gasteiger charge is -2.32. The van der Waals surface area contributed by atoms with Crippen LogP contribution in [0.5, 0.6) is 0 Å². The van der Waals surface area contributed by atoms with Crippen LogP contribution in [0.25, 0.3) is 0 Å². The Morgan fingerprint density at radius 2 is 1.75 bits per heavy atom. The Kier molecular flexibility index (Phi) is 6.41. The largest absolute Gasteiger partial charge is 0.379 e. The number of nitrogens with zero attached hydrogens (tertiary/aromatic N) is 1. The molecule has 1 aromatic rings. The second kappa shape index (κ2) is 8.13. The lowest BCUT2D eigenvalue weighted by molar-refractivity contribution is -0.117. The van der Waals surface area contributed by atoms with Crippen LogP contribution in [-0.4, -0.2) is 37.1 Å². The summed E-state index contributed by atoms with van der Waals surface area (Å²) in [5.41, 5.74) is 2.30. The van der Waals surface area contributed by atoms with Gasteiger partial charge in [-0.15, -0.1) is 0 Å². The van der Waals surface area contributed by atoms with E-state index in [0.717, 1.165) is 32.0 Å². The molecule has 1 amide bonds. The maximum absolute atomic E-state index is 12.2. The lowest BCUT2D eigenvalue weighted by atomic mass is 9.80. The van der Waals surface area contributed by atoms with Crippen molar-refractivity contribution in [2.75, 3.05) is 31.6 Å². The average molecular weight is 332 g/mol. The van der Waals surface area contributed by atoms with Gasteiger partial charge in [0.25, 0.3) is 0 Å². The molecule has 1 aromatic carbocycles. The first-order valence-corrected chi connectivity index (χ1v) is 8.99. The maximum atomic E-state index is 12.2. The molecule has 0 spiro atoms. The van der Waals surface area contributed by atoms with E-state index in [9.17, 15) is 4.79 Å². The number of anilines is 1. The Morgan fingerprint density at radius 1 is 1.17 bits per heavy atom. The third-order valence-electron chi connectivity index (χ3n) is 5.24. The number of rotatable bonds is 5. The van der Waals surface area contributed by atoms with E-state index in [1.54, 1.807) is 0 Å². The summed E-state index contributed by atoms with van der Waals surface area (Å²) >= 11 is 0. The number of amides is 1. The highest BCUT2D eigenvalue weighted by atomic mass is 16.5. The Morgan fingerprint density at radius 3 is 2.29 bits per heavy atom. The highest BCUT2D eigenvalue weighted by Crippen LogP contribution is 2.28. The molecular formula is C20H32N2O2. The molecule has 1 heterocycles. The number of hydrogen-bond donors (Lipinski definition) is 1. The second-order valence-corrected chi connectivity index (χ2v) is 7.97. The van der Waals surface area contributed by atoms with Crippen LogP contribution in [0.15, 0.2) is 24.3 Å². The number of carbonyl (C=O) groups is 1. The van der Waals surface area contributed by atoms with E-state index >= 15 is 0 Å². The molecule has 4 nitrogen and oxygen atoms in total. The van der Waals surface area contributed by atoms with Gasteiger partial charge in [-0.2, -0.15) is 0 Å². The molecule has 1 saturated heterocycles. The molecule has 0 aliphatic carbocycles. The van der Waals surface area contributed by atoms with Crippen molar-refractivity contribution >= 4 is 11.6 Å². The minimum absolute atomic E-state index is 0.0893. The Hall–Kier alpha value is -1.39. The van der Waals surface area contributed by atoms with E-state index in [4.69, 9.17) is 4.74 Å². The molecule has 1 aliphatic rings. The quantitative estimate of drug-likeness (QED) is 0.883. The predicted octanol–water partition coefficient (Wildman–Crippen LogP) is 4.09. The van der Waals surface area contributed by atoms with Crippen LogP contribution in [0.2, 0.25) is 0 Å². The zero-order valence-corrected chi connectivity index (χ0v) is 15.8. The smallest absolute Gasteiger partial charge is 0.224 e. The predicted molar refractivity (Wildman–Crippen MR) is 99.1 cm³/mol. The van der Waals surface area contributed by atoms with Gasteiger partial charge in [-0.1, -0.05) is 39.8 Å². The highest BCUT2D eigenvalue weighted by molar-refractivity contribution is 5.90. The Balaban J connectivity index is 1.90. The number of morpholine rings is 1. The van der Waals surface area contributed by atoms with Crippen LogP contribution < -0.4 is 5.32 Å². The van der Waals surface area contributed by atoms with Crippen LogP contribution >= 0.6 is 0 Å². The zero-order chi connectivity index (χ0) is 17.7. The minimum Gasteiger partial charge on any atom is -0.379 e. The molecule has 0 bridgehead atoms. The summed E-state index contributed by atoms with van der Waals surface area (Å²) in [6.07, 6.45) is 0.551. The number of nitrogens with one attached hydrogen (secondary N) is 1. The van der Waals surface area contributed by atoms with Crippen molar-refractivity contribution in [3.05, 3.63) is 29.8 Å². The molecule has 4 heteroatoms. The third kappa shape index (κ3) is 5.32. The molecular weight excluding hydrogens is 300 g/mol. The normalized spacial score (nSPS) is 18.9. The van der Waals surface area contributed by atoms with Gasteiger partial charge >= 0.3 is 0 Å². The fourth-order valence-electron chi connectivity index (χ4n) is 2.82. The summed E-state index contributed by atoms with van der Waals surface area (Å²) in [6.45, 7) is 14.5. The minimum atomic E-state index is 0.0893. The van der Waals surface area contributed by atoms with Crippen molar-refractivity contribution in [3.8, 4) is 0 Å². The van der Waals surface area contributed by atoms with E-state index in [1.807, 2.05) is 12.1 Å². The summed E-state index contributed by atoms with van der Waals surface area (Å²) in [4.78, 5) is 14.6. The van der Waals surface area contributed by atoms with Gasteiger partial charge in [-0.25, -0.2) is 0 Å². The first kappa shape index (κ1) is 18.9. The average Bonchev–Trinajstić information content (AvgIpc) is 2.54. The fourth-order valence-corrected chi connectivity index (χ4v) is 2.82. The Bertz CT molecular complexity index is 528. The van der Waals surface area contributed by atoms with Gasteiger partial charge in [-0.05, 0) is 36.0 Å². The Labute approximate surface area is 146 Å². The van der Waals surface area contributed by atoms with Gasteiger partial charge < -0.3 is 10.1 Å². The van der Waals surface area contributed by atoms with Crippen molar-refractivity contribution in [3.63, 3.8) is 0 Å². The molecule has 0 aromatic heterocycles. The topological polar surface area (TPSA) is 41.6 Å². The van der Waals surface area contributed by atoms with Crippen LogP contribution in [0.1, 0.15) is 52.6 Å². The standard InChI is InChI=1S/C20H32N2O2/c1-15(20(3,4)5)14-19(23)21-18-8-6-17(7-9-18)16(2)22-10-12-24-13-11-22/h6-9,15-16H,10-14H2,1-5H3,(H,21,23). The molecule has 1 fully saturated rings. The molecule has 0 saturated carbocycles. The van der Waals surface area contributed by atoms with Gasteiger partial charge in [0.2, 0.25) is 5.91 Å². The van der Waals surface area contributed by atoms with Crippen molar-refractivity contribution in [1.29, 1.82) is 0 Å². The molecule has 2 atom stereocenters. The first-order chi connectivity index (χ1) is 11.3. The van der Waals surface area contributed by atoms with Crippen LogP contribution in [0.4, 0.5) is 5.69 Å². The van der Waals surface area contributed by atoms with Crippen LogP contribution in [0.3, 0.4) is 0 Å². The first-order valence-electron chi connectivity index (χ1n) is 8.99. The molecule has 0 radical (unpaired) electrons. The number of carbonyl (C=O) groups excluding carboxylic acids is 1. The second-order valence-electron chi connectivity index (χ2n) is 7.97. The summed E-state index contributed by atoms with van der Waals surface area (Å²) in [6, 6.07) is 8.61. The van der Waals surface area contributed by atoms with E-state index in [2.05, 4.69) is 57.0 Å². The fraction of sp³-hybridized carbons (Fsp3) is 0.650. The van der Waals surface area contributed by atoms with Gasteiger partial charge in [0.15, 0.2) is 0 Å². The third-order valence-corrected chi connectivity index (χ3v) is 5.24. The number of benzene rings is 1. The monoisotopic (exact) mass is 332 g/mol. The summed E-state index contributed by atoms with van der Waals surface area (Å²) in [5, 5.41) is 3.02. The summed E-state index contributed by atoms with van der Waals surface area (Å²) in [7, 11) is 0. The summed E-state index contributed by atoms with van der Waals surface area (Å²) in [5.74, 6) is 0.435. The van der Waals surface area contributed by atoms with Crippen LogP contribution in [0, 0.1) is 11.3 Å². The van der Waals surface area contributed by atoms with Gasteiger partial charge in [0.05, 0.1) is 13.2 Å².